The molecular formula is C21H20ClN3O4. The Bertz CT molecular complexity index is 1070. The molecule has 0 radical (unpaired) electrons. The van der Waals surface area contributed by atoms with E-state index in [-0.39, 0.29) is 29.3 Å². The quantitative estimate of drug-likeness (QED) is 0.490. The van der Waals surface area contributed by atoms with E-state index < -0.39 is 5.97 Å². The van der Waals surface area contributed by atoms with Crippen molar-refractivity contribution in [1.29, 1.82) is 0 Å². The molecule has 0 spiro atoms. The SMILES string of the molecule is COC(=O)c1cccc(NC(=O)Cc2c(C)nn(-c3ccc(Cl)cc3)c2C)c1O. The number of hydrogen-bond donors (Lipinski definition) is 2. The van der Waals surface area contributed by atoms with Crippen LogP contribution in [0.5, 0.6) is 5.75 Å². The number of amides is 1. The van der Waals surface area contributed by atoms with Crippen LogP contribution in [0.15, 0.2) is 42.5 Å². The summed E-state index contributed by atoms with van der Waals surface area (Å²) in [6.45, 7) is 3.71. The third-order valence-corrected chi connectivity index (χ3v) is 4.82. The first-order chi connectivity index (χ1) is 13.8. The first kappa shape index (κ1) is 20.4. The summed E-state index contributed by atoms with van der Waals surface area (Å²) in [4.78, 5) is 24.3. The lowest BCUT2D eigenvalue weighted by molar-refractivity contribution is -0.115. The van der Waals surface area contributed by atoms with Gasteiger partial charge in [0.1, 0.15) is 5.56 Å². The minimum atomic E-state index is -0.686. The van der Waals surface area contributed by atoms with E-state index in [0.717, 1.165) is 22.6 Å². The lowest BCUT2D eigenvalue weighted by atomic mass is 10.1. The van der Waals surface area contributed by atoms with Crippen LogP contribution >= 0.6 is 11.6 Å². The van der Waals surface area contributed by atoms with Crippen LogP contribution in [0.2, 0.25) is 5.02 Å². The zero-order valence-corrected chi connectivity index (χ0v) is 16.9. The number of phenols is 1. The summed E-state index contributed by atoms with van der Waals surface area (Å²) in [6.07, 6.45) is 0.0626. The smallest absolute Gasteiger partial charge is 0.341 e. The number of ether oxygens (including phenoxy) is 1. The van der Waals surface area contributed by atoms with Crippen LogP contribution in [-0.2, 0) is 16.0 Å². The molecule has 0 saturated carbocycles. The second-order valence-corrected chi connectivity index (χ2v) is 6.89. The molecule has 29 heavy (non-hydrogen) atoms. The molecule has 150 valence electrons. The Morgan fingerprint density at radius 3 is 2.52 bits per heavy atom. The van der Waals surface area contributed by atoms with Gasteiger partial charge in [0.15, 0.2) is 5.75 Å². The summed E-state index contributed by atoms with van der Waals surface area (Å²) >= 11 is 5.94. The Morgan fingerprint density at radius 2 is 1.86 bits per heavy atom. The number of rotatable bonds is 5. The number of carbonyl (C=O) groups is 2. The Hall–Kier alpha value is -3.32. The summed E-state index contributed by atoms with van der Waals surface area (Å²) in [7, 11) is 1.22. The molecule has 0 fully saturated rings. The summed E-state index contributed by atoms with van der Waals surface area (Å²) in [5, 5.41) is 18.0. The molecule has 7 nitrogen and oxygen atoms in total. The van der Waals surface area contributed by atoms with E-state index in [9.17, 15) is 14.7 Å². The Balaban J connectivity index is 1.82. The van der Waals surface area contributed by atoms with Gasteiger partial charge in [-0.05, 0) is 50.2 Å². The number of anilines is 1. The largest absolute Gasteiger partial charge is 0.505 e. The van der Waals surface area contributed by atoms with Gasteiger partial charge in [-0.1, -0.05) is 17.7 Å². The highest BCUT2D eigenvalue weighted by Gasteiger charge is 2.19. The van der Waals surface area contributed by atoms with Gasteiger partial charge in [0.2, 0.25) is 5.91 Å². The molecule has 2 aromatic carbocycles. The number of hydrogen-bond acceptors (Lipinski definition) is 5. The fourth-order valence-corrected chi connectivity index (χ4v) is 3.16. The van der Waals surface area contributed by atoms with E-state index in [4.69, 9.17) is 11.6 Å². The second-order valence-electron chi connectivity index (χ2n) is 6.46. The van der Waals surface area contributed by atoms with Crippen LogP contribution < -0.4 is 5.32 Å². The topological polar surface area (TPSA) is 93.5 Å². The first-order valence-electron chi connectivity index (χ1n) is 8.83. The van der Waals surface area contributed by atoms with E-state index in [1.807, 2.05) is 26.0 Å². The average molecular weight is 414 g/mol. The Kier molecular flexibility index (Phi) is 5.89. The minimum absolute atomic E-state index is 0.0202. The number of nitrogens with zero attached hydrogens (tertiary/aromatic N) is 2. The van der Waals surface area contributed by atoms with E-state index in [0.29, 0.717) is 5.02 Å². The summed E-state index contributed by atoms with van der Waals surface area (Å²) in [5.41, 5.74) is 3.28. The zero-order valence-electron chi connectivity index (χ0n) is 16.2. The molecule has 0 bridgehead atoms. The predicted molar refractivity (Wildman–Crippen MR) is 110 cm³/mol. The van der Waals surface area contributed by atoms with Gasteiger partial charge in [-0.25, -0.2) is 9.48 Å². The minimum Gasteiger partial charge on any atom is -0.505 e. The van der Waals surface area contributed by atoms with Gasteiger partial charge in [0.05, 0.1) is 30.6 Å². The summed E-state index contributed by atoms with van der Waals surface area (Å²) in [5.74, 6) is -1.36. The number of nitrogens with one attached hydrogen (secondary N) is 1. The molecule has 3 aromatic rings. The number of para-hydroxylation sites is 1. The molecule has 0 aliphatic heterocycles. The van der Waals surface area contributed by atoms with Gasteiger partial charge < -0.3 is 15.2 Å². The first-order valence-corrected chi connectivity index (χ1v) is 9.20. The maximum atomic E-state index is 12.6. The molecule has 1 amide bonds. The average Bonchev–Trinajstić information content (AvgIpc) is 2.98. The number of carbonyl (C=O) groups excluding carboxylic acids is 2. The second kappa shape index (κ2) is 8.36. The molecule has 0 aliphatic rings. The normalized spacial score (nSPS) is 10.6. The highest BCUT2D eigenvalue weighted by Crippen LogP contribution is 2.28. The van der Waals surface area contributed by atoms with Gasteiger partial charge in [-0.3, -0.25) is 4.79 Å². The number of aromatic nitrogens is 2. The lowest BCUT2D eigenvalue weighted by Crippen LogP contribution is -2.16. The van der Waals surface area contributed by atoms with Crippen molar-refractivity contribution in [3.63, 3.8) is 0 Å². The van der Waals surface area contributed by atoms with Gasteiger partial charge in [0, 0.05) is 16.3 Å². The number of aromatic hydroxyl groups is 1. The van der Waals surface area contributed by atoms with Gasteiger partial charge in [-0.2, -0.15) is 5.10 Å². The molecule has 2 N–H and O–H groups in total. The van der Waals surface area contributed by atoms with Crippen LogP contribution in [-0.4, -0.2) is 33.9 Å². The molecule has 0 atom stereocenters. The monoisotopic (exact) mass is 413 g/mol. The zero-order chi connectivity index (χ0) is 21.1. The molecule has 0 aliphatic carbocycles. The van der Waals surface area contributed by atoms with Crippen molar-refractivity contribution in [2.24, 2.45) is 0 Å². The Morgan fingerprint density at radius 1 is 1.17 bits per heavy atom. The highest BCUT2D eigenvalue weighted by atomic mass is 35.5. The molecule has 3 rings (SSSR count). The number of benzene rings is 2. The highest BCUT2D eigenvalue weighted by molar-refractivity contribution is 6.30. The molecule has 8 heteroatoms. The molecular weight excluding hydrogens is 394 g/mol. The van der Waals surface area contributed by atoms with Crippen molar-refractivity contribution in [2.45, 2.75) is 20.3 Å². The molecule has 1 aromatic heterocycles. The van der Waals surface area contributed by atoms with Crippen LogP contribution in [0.1, 0.15) is 27.3 Å². The standard InChI is InChI=1S/C21H20ClN3O4/c1-12-17(13(2)25(24-12)15-9-7-14(22)8-10-15)11-19(26)23-18-6-4-5-16(20(18)27)21(28)29-3/h4-10,27H,11H2,1-3H3,(H,23,26). The summed E-state index contributed by atoms with van der Waals surface area (Å²) < 4.78 is 6.38. The van der Waals surface area contributed by atoms with E-state index >= 15 is 0 Å². The van der Waals surface area contributed by atoms with E-state index in [1.165, 1.54) is 19.2 Å². The number of aryl methyl sites for hydroxylation is 1. The number of halogens is 1. The predicted octanol–water partition coefficient (Wildman–Crippen LogP) is 3.82. The van der Waals surface area contributed by atoms with Gasteiger partial charge >= 0.3 is 5.97 Å². The van der Waals surface area contributed by atoms with E-state index in [2.05, 4.69) is 15.2 Å². The summed E-state index contributed by atoms with van der Waals surface area (Å²) in [6, 6.07) is 11.7. The number of phenolic OH excluding ortho intramolecular Hbond substituents is 1. The number of esters is 1. The van der Waals surface area contributed by atoms with Gasteiger partial charge in [-0.15, -0.1) is 0 Å². The molecule has 0 unspecified atom stereocenters. The fourth-order valence-electron chi connectivity index (χ4n) is 3.04. The van der Waals surface area contributed by atoms with Crippen molar-refractivity contribution >= 4 is 29.2 Å². The van der Waals surface area contributed by atoms with Crippen molar-refractivity contribution in [3.8, 4) is 11.4 Å². The van der Waals surface area contributed by atoms with Crippen LogP contribution in [0.4, 0.5) is 5.69 Å². The van der Waals surface area contributed by atoms with Crippen molar-refractivity contribution in [3.05, 3.63) is 70.0 Å². The third-order valence-electron chi connectivity index (χ3n) is 4.57. The van der Waals surface area contributed by atoms with Crippen molar-refractivity contribution in [2.75, 3.05) is 12.4 Å². The molecule has 1 heterocycles. The fraction of sp³-hybridized carbons (Fsp3) is 0.190. The molecule has 0 saturated heterocycles. The lowest BCUT2D eigenvalue weighted by Gasteiger charge is -2.10. The number of methoxy groups -OCH3 is 1. The van der Waals surface area contributed by atoms with Crippen LogP contribution in [0.3, 0.4) is 0 Å². The van der Waals surface area contributed by atoms with Crippen molar-refractivity contribution in [1.82, 2.24) is 9.78 Å². The maximum absolute atomic E-state index is 12.6. The third kappa shape index (κ3) is 4.25. The maximum Gasteiger partial charge on any atom is 0.341 e. The van der Waals surface area contributed by atoms with Crippen LogP contribution in [0, 0.1) is 13.8 Å². The van der Waals surface area contributed by atoms with E-state index in [1.54, 1.807) is 22.9 Å². The Labute approximate surface area is 172 Å². The van der Waals surface area contributed by atoms with Gasteiger partial charge in [0.25, 0.3) is 0 Å². The van der Waals surface area contributed by atoms with Crippen LogP contribution in [0.25, 0.3) is 5.69 Å². The van der Waals surface area contributed by atoms with Crippen molar-refractivity contribution < 1.29 is 19.4 Å².